The highest BCUT2D eigenvalue weighted by molar-refractivity contribution is 4.98. The standard InChI is InChI=1S/C14H24N4O3/c1-2-5-18-6-7-19-12(9-18)13-16-14(21-17-13)11-4-3-10(8-15)20-11/h10-12H,2-9,15H2,1H3. The van der Waals surface area contributed by atoms with Crippen molar-refractivity contribution in [2.45, 2.75) is 44.5 Å². The van der Waals surface area contributed by atoms with Crippen molar-refractivity contribution in [1.82, 2.24) is 15.0 Å². The molecule has 3 heterocycles. The molecule has 7 heteroatoms. The maximum atomic E-state index is 5.78. The van der Waals surface area contributed by atoms with E-state index in [1.165, 1.54) is 0 Å². The molecule has 1 aromatic rings. The molecular formula is C14H24N4O3. The van der Waals surface area contributed by atoms with Gasteiger partial charge in [-0.1, -0.05) is 12.1 Å². The highest BCUT2D eigenvalue weighted by Crippen LogP contribution is 2.32. The van der Waals surface area contributed by atoms with E-state index >= 15 is 0 Å². The van der Waals surface area contributed by atoms with Gasteiger partial charge in [0.15, 0.2) is 0 Å². The Labute approximate surface area is 124 Å². The Kier molecular flexibility index (Phi) is 4.84. The molecule has 0 radical (unpaired) electrons. The zero-order chi connectivity index (χ0) is 14.7. The number of ether oxygens (including phenoxy) is 2. The summed E-state index contributed by atoms with van der Waals surface area (Å²) in [6.45, 7) is 6.30. The third-order valence-electron chi connectivity index (χ3n) is 4.08. The van der Waals surface area contributed by atoms with Crippen LogP contribution in [0.4, 0.5) is 0 Å². The van der Waals surface area contributed by atoms with Crippen LogP contribution in [-0.4, -0.2) is 53.9 Å². The van der Waals surface area contributed by atoms with Crippen LogP contribution in [0.3, 0.4) is 0 Å². The Balaban J connectivity index is 1.62. The SMILES string of the molecule is CCCN1CCOC(c2noc(C3CCC(CN)O3)n2)C1. The summed E-state index contributed by atoms with van der Waals surface area (Å²) in [7, 11) is 0. The number of aromatic nitrogens is 2. The summed E-state index contributed by atoms with van der Waals surface area (Å²) < 4.78 is 16.9. The lowest BCUT2D eigenvalue weighted by molar-refractivity contribution is -0.0350. The lowest BCUT2D eigenvalue weighted by Gasteiger charge is -2.30. The van der Waals surface area contributed by atoms with Crippen molar-refractivity contribution in [3.05, 3.63) is 11.7 Å². The molecular weight excluding hydrogens is 272 g/mol. The second-order valence-electron chi connectivity index (χ2n) is 5.71. The van der Waals surface area contributed by atoms with Gasteiger partial charge in [-0.2, -0.15) is 4.98 Å². The Hall–Kier alpha value is -1.02. The molecule has 0 amide bonds. The molecule has 2 saturated heterocycles. The van der Waals surface area contributed by atoms with E-state index in [0.29, 0.717) is 24.9 Å². The van der Waals surface area contributed by atoms with Gasteiger partial charge in [0, 0.05) is 19.6 Å². The monoisotopic (exact) mass is 296 g/mol. The van der Waals surface area contributed by atoms with Crippen molar-refractivity contribution in [1.29, 1.82) is 0 Å². The highest BCUT2D eigenvalue weighted by Gasteiger charge is 2.32. The van der Waals surface area contributed by atoms with Crippen LogP contribution in [0.15, 0.2) is 4.52 Å². The topological polar surface area (TPSA) is 86.6 Å². The van der Waals surface area contributed by atoms with Gasteiger partial charge in [-0.3, -0.25) is 4.90 Å². The second-order valence-corrected chi connectivity index (χ2v) is 5.71. The quantitative estimate of drug-likeness (QED) is 0.868. The lowest BCUT2D eigenvalue weighted by atomic mass is 10.2. The summed E-state index contributed by atoms with van der Waals surface area (Å²) in [5.74, 6) is 1.18. The predicted molar refractivity (Wildman–Crippen MR) is 75.6 cm³/mol. The molecule has 1 aromatic heterocycles. The van der Waals surface area contributed by atoms with Crippen LogP contribution < -0.4 is 5.73 Å². The van der Waals surface area contributed by atoms with Crippen molar-refractivity contribution in [3.63, 3.8) is 0 Å². The van der Waals surface area contributed by atoms with Crippen molar-refractivity contribution in [2.75, 3.05) is 32.8 Å². The molecule has 3 atom stereocenters. The molecule has 2 N–H and O–H groups in total. The molecule has 0 aromatic carbocycles. The number of hydrogen-bond acceptors (Lipinski definition) is 7. The zero-order valence-electron chi connectivity index (χ0n) is 12.5. The summed E-state index contributed by atoms with van der Waals surface area (Å²) in [6.07, 6.45) is 2.86. The number of hydrogen-bond donors (Lipinski definition) is 1. The van der Waals surface area contributed by atoms with Crippen molar-refractivity contribution < 1.29 is 14.0 Å². The molecule has 3 rings (SSSR count). The molecule has 118 valence electrons. The first-order valence-electron chi connectivity index (χ1n) is 7.83. The molecule has 2 fully saturated rings. The minimum absolute atomic E-state index is 0.102. The Morgan fingerprint density at radius 3 is 3.00 bits per heavy atom. The molecule has 0 saturated carbocycles. The molecule has 21 heavy (non-hydrogen) atoms. The molecule has 0 bridgehead atoms. The third-order valence-corrected chi connectivity index (χ3v) is 4.08. The van der Waals surface area contributed by atoms with Crippen LogP contribution >= 0.6 is 0 Å². The number of morpholine rings is 1. The Morgan fingerprint density at radius 1 is 1.33 bits per heavy atom. The van der Waals surface area contributed by atoms with E-state index in [9.17, 15) is 0 Å². The largest absolute Gasteiger partial charge is 0.367 e. The highest BCUT2D eigenvalue weighted by atomic mass is 16.5. The maximum absolute atomic E-state index is 5.78. The second kappa shape index (κ2) is 6.83. The minimum atomic E-state index is -0.116. The first-order valence-corrected chi connectivity index (χ1v) is 7.83. The van der Waals surface area contributed by atoms with Crippen LogP contribution in [0.1, 0.15) is 50.1 Å². The average molecular weight is 296 g/mol. The summed E-state index contributed by atoms with van der Waals surface area (Å²) in [4.78, 5) is 6.86. The number of nitrogens with zero attached hydrogens (tertiary/aromatic N) is 3. The number of nitrogens with two attached hydrogens (primary N) is 1. The fraction of sp³-hybridized carbons (Fsp3) is 0.857. The predicted octanol–water partition coefficient (Wildman–Crippen LogP) is 1.03. The van der Waals surface area contributed by atoms with Crippen molar-refractivity contribution >= 4 is 0 Å². The van der Waals surface area contributed by atoms with Gasteiger partial charge in [-0.05, 0) is 25.8 Å². The zero-order valence-corrected chi connectivity index (χ0v) is 12.5. The first-order chi connectivity index (χ1) is 10.3. The van der Waals surface area contributed by atoms with Crippen LogP contribution in [0.2, 0.25) is 0 Å². The van der Waals surface area contributed by atoms with Gasteiger partial charge in [0.05, 0.1) is 12.7 Å². The van der Waals surface area contributed by atoms with Gasteiger partial charge in [-0.15, -0.1) is 0 Å². The molecule has 2 aliphatic heterocycles. The van der Waals surface area contributed by atoms with Crippen molar-refractivity contribution in [2.24, 2.45) is 5.73 Å². The van der Waals surface area contributed by atoms with Crippen LogP contribution in [-0.2, 0) is 9.47 Å². The lowest BCUT2D eigenvalue weighted by Crippen LogP contribution is -2.39. The molecule has 2 aliphatic rings. The molecule has 0 spiro atoms. The van der Waals surface area contributed by atoms with Gasteiger partial charge in [0.2, 0.25) is 5.82 Å². The van der Waals surface area contributed by atoms with Crippen LogP contribution in [0, 0.1) is 0 Å². The van der Waals surface area contributed by atoms with Gasteiger partial charge < -0.3 is 19.7 Å². The summed E-state index contributed by atoms with van der Waals surface area (Å²) >= 11 is 0. The van der Waals surface area contributed by atoms with Crippen LogP contribution in [0.5, 0.6) is 0 Å². The van der Waals surface area contributed by atoms with Crippen LogP contribution in [0.25, 0.3) is 0 Å². The summed E-state index contributed by atoms with van der Waals surface area (Å²) in [6, 6.07) is 0. The van der Waals surface area contributed by atoms with Gasteiger partial charge in [0.1, 0.15) is 12.2 Å². The smallest absolute Gasteiger partial charge is 0.255 e. The van der Waals surface area contributed by atoms with E-state index < -0.39 is 0 Å². The minimum Gasteiger partial charge on any atom is -0.367 e. The van der Waals surface area contributed by atoms with Gasteiger partial charge in [0.25, 0.3) is 5.89 Å². The van der Waals surface area contributed by atoms with E-state index in [0.717, 1.165) is 38.9 Å². The third kappa shape index (κ3) is 3.42. The Bertz CT molecular complexity index is 451. The summed E-state index contributed by atoms with van der Waals surface area (Å²) in [5, 5.41) is 4.08. The van der Waals surface area contributed by atoms with E-state index in [-0.39, 0.29) is 18.3 Å². The van der Waals surface area contributed by atoms with Crippen molar-refractivity contribution in [3.8, 4) is 0 Å². The number of rotatable bonds is 5. The maximum Gasteiger partial charge on any atom is 0.255 e. The normalized spacial score (nSPS) is 30.9. The fourth-order valence-corrected chi connectivity index (χ4v) is 2.95. The van der Waals surface area contributed by atoms with Gasteiger partial charge in [-0.25, -0.2) is 0 Å². The van der Waals surface area contributed by atoms with Gasteiger partial charge >= 0.3 is 0 Å². The van der Waals surface area contributed by atoms with E-state index in [4.69, 9.17) is 19.7 Å². The molecule has 0 aliphatic carbocycles. The average Bonchev–Trinajstić information content (AvgIpc) is 3.17. The fourth-order valence-electron chi connectivity index (χ4n) is 2.95. The summed E-state index contributed by atoms with van der Waals surface area (Å²) in [5.41, 5.74) is 5.62. The molecule has 3 unspecified atom stereocenters. The molecule has 7 nitrogen and oxygen atoms in total. The van der Waals surface area contributed by atoms with E-state index in [1.807, 2.05) is 0 Å². The van der Waals surface area contributed by atoms with E-state index in [2.05, 4.69) is 22.0 Å². The first kappa shape index (κ1) is 14.9. The Morgan fingerprint density at radius 2 is 2.24 bits per heavy atom. The van der Waals surface area contributed by atoms with E-state index in [1.54, 1.807) is 0 Å².